The van der Waals surface area contributed by atoms with E-state index in [1.807, 2.05) is 66.9 Å². The first-order valence-electron chi connectivity index (χ1n) is 8.12. The van der Waals surface area contributed by atoms with Gasteiger partial charge in [-0.05, 0) is 38.2 Å². The molecule has 25 heavy (non-hydrogen) atoms. The van der Waals surface area contributed by atoms with Crippen molar-refractivity contribution >= 4 is 23.8 Å². The van der Waals surface area contributed by atoms with Crippen LogP contribution in [0.5, 0.6) is 0 Å². The summed E-state index contributed by atoms with van der Waals surface area (Å²) >= 11 is 5.31. The number of rotatable bonds is 5. The second-order valence-corrected chi connectivity index (χ2v) is 6.42. The monoisotopic (exact) mass is 352 g/mol. The average Bonchev–Trinajstić information content (AvgIpc) is 2.96. The van der Waals surface area contributed by atoms with Crippen LogP contribution in [0, 0.1) is 18.6 Å². The van der Waals surface area contributed by atoms with E-state index < -0.39 is 0 Å². The van der Waals surface area contributed by atoms with Crippen molar-refractivity contribution in [1.29, 1.82) is 0 Å². The first kappa shape index (κ1) is 17.1. The van der Waals surface area contributed by atoms with Gasteiger partial charge in [0.1, 0.15) is 0 Å². The Morgan fingerprint density at radius 1 is 1.08 bits per heavy atom. The van der Waals surface area contributed by atoms with Crippen molar-refractivity contribution < 1.29 is 4.79 Å². The van der Waals surface area contributed by atoms with E-state index >= 15 is 0 Å². The van der Waals surface area contributed by atoms with E-state index in [2.05, 4.69) is 15.5 Å². The molecule has 3 aromatic rings. The topological polar surface area (TPSA) is 62.7 Å². The summed E-state index contributed by atoms with van der Waals surface area (Å²) in [4.78, 5) is 12.2. The van der Waals surface area contributed by atoms with E-state index in [-0.39, 0.29) is 5.91 Å². The Balaban J connectivity index is 1.70. The standard InChI is InChI=1S/C19H20N4OS/c1-13-3-7-15(8-4-13)18-21-22-19(25)23(18)12-11-17(24)20-16-9-5-14(2)6-10-16/h3-10H,11-12H2,1-2H3,(H,20,24)(H,22,25). The van der Waals surface area contributed by atoms with E-state index in [0.29, 0.717) is 17.7 Å². The molecule has 0 unspecified atom stereocenters. The van der Waals surface area contributed by atoms with Crippen LogP contribution in [-0.2, 0) is 11.3 Å². The van der Waals surface area contributed by atoms with E-state index in [0.717, 1.165) is 22.6 Å². The van der Waals surface area contributed by atoms with Crippen LogP contribution in [0.15, 0.2) is 48.5 Å². The zero-order chi connectivity index (χ0) is 17.8. The van der Waals surface area contributed by atoms with Gasteiger partial charge < -0.3 is 5.32 Å². The largest absolute Gasteiger partial charge is 0.326 e. The number of aryl methyl sites for hydroxylation is 2. The molecule has 0 saturated carbocycles. The van der Waals surface area contributed by atoms with Gasteiger partial charge in [0.2, 0.25) is 5.91 Å². The molecule has 1 amide bonds. The normalized spacial score (nSPS) is 10.6. The number of carbonyl (C=O) groups excluding carboxylic acids is 1. The van der Waals surface area contributed by atoms with Crippen LogP contribution in [0.2, 0.25) is 0 Å². The Labute approximate surface area is 151 Å². The number of carbonyl (C=O) groups is 1. The van der Waals surface area contributed by atoms with Crippen LogP contribution in [0.4, 0.5) is 5.69 Å². The number of nitrogens with zero attached hydrogens (tertiary/aromatic N) is 2. The number of H-pyrrole nitrogens is 1. The van der Waals surface area contributed by atoms with Gasteiger partial charge in [0.05, 0.1) is 0 Å². The van der Waals surface area contributed by atoms with Crippen LogP contribution in [-0.4, -0.2) is 20.7 Å². The Morgan fingerprint density at radius 2 is 1.68 bits per heavy atom. The van der Waals surface area contributed by atoms with Gasteiger partial charge in [-0.25, -0.2) is 0 Å². The summed E-state index contributed by atoms with van der Waals surface area (Å²) in [5.74, 6) is 0.690. The number of hydrogen-bond acceptors (Lipinski definition) is 3. The molecule has 128 valence electrons. The summed E-state index contributed by atoms with van der Waals surface area (Å²) in [6, 6.07) is 15.8. The minimum absolute atomic E-state index is 0.0539. The second kappa shape index (κ2) is 7.44. The summed E-state index contributed by atoms with van der Waals surface area (Å²) in [6.07, 6.45) is 0.320. The second-order valence-electron chi connectivity index (χ2n) is 6.03. The lowest BCUT2D eigenvalue weighted by Crippen LogP contribution is -2.15. The van der Waals surface area contributed by atoms with Crippen molar-refractivity contribution in [2.45, 2.75) is 26.8 Å². The third kappa shape index (κ3) is 4.22. The lowest BCUT2D eigenvalue weighted by atomic mass is 10.1. The fourth-order valence-electron chi connectivity index (χ4n) is 2.52. The number of amides is 1. The molecule has 0 fully saturated rings. The summed E-state index contributed by atoms with van der Waals surface area (Å²) < 4.78 is 2.37. The van der Waals surface area contributed by atoms with Crippen LogP contribution < -0.4 is 5.32 Å². The zero-order valence-corrected chi connectivity index (χ0v) is 15.1. The number of nitrogens with one attached hydrogen (secondary N) is 2. The minimum Gasteiger partial charge on any atom is -0.326 e. The number of aromatic nitrogens is 3. The van der Waals surface area contributed by atoms with Crippen molar-refractivity contribution in [1.82, 2.24) is 14.8 Å². The molecule has 0 spiro atoms. The minimum atomic E-state index is -0.0539. The molecule has 1 heterocycles. The Bertz CT molecular complexity index is 923. The van der Waals surface area contributed by atoms with Crippen LogP contribution in [0.1, 0.15) is 17.5 Å². The number of anilines is 1. The summed E-state index contributed by atoms with van der Waals surface area (Å²) in [6.45, 7) is 4.52. The van der Waals surface area contributed by atoms with E-state index in [1.54, 1.807) is 0 Å². The molecular weight excluding hydrogens is 332 g/mol. The molecule has 0 aliphatic carbocycles. The van der Waals surface area contributed by atoms with Gasteiger partial charge in [-0.15, -0.1) is 0 Å². The van der Waals surface area contributed by atoms with Crippen molar-refractivity contribution in [3.05, 3.63) is 64.4 Å². The van der Waals surface area contributed by atoms with Gasteiger partial charge in [0.15, 0.2) is 10.6 Å². The molecule has 2 N–H and O–H groups in total. The Hall–Kier alpha value is -2.73. The summed E-state index contributed by atoms with van der Waals surface area (Å²) in [7, 11) is 0. The third-order valence-corrected chi connectivity index (χ3v) is 4.28. The van der Waals surface area contributed by atoms with Crippen LogP contribution >= 0.6 is 12.2 Å². The molecule has 3 rings (SSSR count). The maximum absolute atomic E-state index is 12.2. The van der Waals surface area contributed by atoms with E-state index in [4.69, 9.17) is 12.2 Å². The maximum atomic E-state index is 12.2. The Morgan fingerprint density at radius 3 is 2.32 bits per heavy atom. The highest BCUT2D eigenvalue weighted by atomic mass is 32.1. The molecule has 0 aliphatic heterocycles. The zero-order valence-electron chi connectivity index (χ0n) is 14.2. The third-order valence-electron chi connectivity index (χ3n) is 3.97. The molecule has 2 aromatic carbocycles. The van der Waals surface area contributed by atoms with Crippen molar-refractivity contribution in [3.8, 4) is 11.4 Å². The van der Waals surface area contributed by atoms with Crippen LogP contribution in [0.3, 0.4) is 0 Å². The van der Waals surface area contributed by atoms with Crippen molar-refractivity contribution in [2.75, 3.05) is 5.32 Å². The smallest absolute Gasteiger partial charge is 0.226 e. The fourth-order valence-corrected chi connectivity index (χ4v) is 2.75. The van der Waals surface area contributed by atoms with Gasteiger partial charge >= 0.3 is 0 Å². The Kier molecular flexibility index (Phi) is 5.09. The molecule has 0 bridgehead atoms. The van der Waals surface area contributed by atoms with E-state index in [9.17, 15) is 4.79 Å². The molecule has 0 aliphatic rings. The van der Waals surface area contributed by atoms with Crippen molar-refractivity contribution in [3.63, 3.8) is 0 Å². The maximum Gasteiger partial charge on any atom is 0.226 e. The number of hydrogen-bond donors (Lipinski definition) is 2. The van der Waals surface area contributed by atoms with Crippen molar-refractivity contribution in [2.24, 2.45) is 0 Å². The van der Waals surface area contributed by atoms with Gasteiger partial charge in [0.25, 0.3) is 0 Å². The van der Waals surface area contributed by atoms with Gasteiger partial charge in [-0.3, -0.25) is 14.5 Å². The molecule has 0 atom stereocenters. The molecule has 0 radical (unpaired) electrons. The first-order valence-corrected chi connectivity index (χ1v) is 8.52. The first-order chi connectivity index (χ1) is 12.0. The predicted molar refractivity (Wildman–Crippen MR) is 102 cm³/mol. The lowest BCUT2D eigenvalue weighted by molar-refractivity contribution is -0.116. The van der Waals surface area contributed by atoms with Crippen LogP contribution in [0.25, 0.3) is 11.4 Å². The molecule has 6 heteroatoms. The molecular formula is C19H20N4OS. The highest BCUT2D eigenvalue weighted by molar-refractivity contribution is 7.71. The highest BCUT2D eigenvalue weighted by Gasteiger charge is 2.10. The molecule has 0 saturated heterocycles. The SMILES string of the molecule is Cc1ccc(NC(=O)CCn2c(-c3ccc(C)cc3)n[nH]c2=S)cc1. The van der Waals surface area contributed by atoms with Gasteiger partial charge in [-0.2, -0.15) is 5.10 Å². The van der Waals surface area contributed by atoms with Gasteiger partial charge in [-0.1, -0.05) is 47.5 Å². The number of benzene rings is 2. The quantitative estimate of drug-likeness (QED) is 0.675. The lowest BCUT2D eigenvalue weighted by Gasteiger charge is -2.08. The summed E-state index contributed by atoms with van der Waals surface area (Å²) in [5.41, 5.74) is 4.11. The van der Waals surface area contributed by atoms with E-state index in [1.165, 1.54) is 5.56 Å². The van der Waals surface area contributed by atoms with Gasteiger partial charge in [0, 0.05) is 24.2 Å². The summed E-state index contributed by atoms with van der Waals surface area (Å²) in [5, 5.41) is 10.0. The molecule has 1 aromatic heterocycles. The highest BCUT2D eigenvalue weighted by Crippen LogP contribution is 2.18. The fraction of sp³-hybridized carbons (Fsp3) is 0.211. The average molecular weight is 352 g/mol. The predicted octanol–water partition coefficient (Wildman–Crippen LogP) is 4.25. The number of aromatic amines is 1. The molecule has 5 nitrogen and oxygen atoms in total.